The van der Waals surface area contributed by atoms with Crippen molar-refractivity contribution in [2.75, 3.05) is 20.3 Å². The predicted octanol–water partition coefficient (Wildman–Crippen LogP) is 3.99. The number of aryl methyl sites for hydroxylation is 1. The van der Waals surface area contributed by atoms with E-state index in [0.717, 1.165) is 5.56 Å². The molecular formula is C20H20ClN3O3. The van der Waals surface area contributed by atoms with Gasteiger partial charge in [-0.15, -0.1) is 0 Å². The summed E-state index contributed by atoms with van der Waals surface area (Å²) in [6.07, 6.45) is 3.41. The summed E-state index contributed by atoms with van der Waals surface area (Å²) < 4.78 is 10.5. The van der Waals surface area contributed by atoms with Gasteiger partial charge in [0.25, 0.3) is 5.91 Å². The standard InChI is InChI=1S/C20H20ClN3O3/c1-14-18(19(23-27-14)16-5-3-4-6-17(16)21)20(25)24(11-12-26-2)13-15-7-9-22-10-8-15/h3-10H,11-13H2,1-2H3. The van der Waals surface area contributed by atoms with Crippen molar-refractivity contribution in [3.05, 3.63) is 70.7 Å². The number of ether oxygens (including phenoxy) is 1. The van der Waals surface area contributed by atoms with E-state index in [4.69, 9.17) is 20.9 Å². The molecule has 0 saturated heterocycles. The van der Waals surface area contributed by atoms with Crippen LogP contribution in [0.25, 0.3) is 11.3 Å². The van der Waals surface area contributed by atoms with E-state index in [-0.39, 0.29) is 5.91 Å². The highest BCUT2D eigenvalue weighted by molar-refractivity contribution is 6.33. The summed E-state index contributed by atoms with van der Waals surface area (Å²) in [5, 5.41) is 4.60. The van der Waals surface area contributed by atoms with Crippen molar-refractivity contribution < 1.29 is 14.1 Å². The molecule has 6 nitrogen and oxygen atoms in total. The fourth-order valence-electron chi connectivity index (χ4n) is 2.78. The molecule has 140 valence electrons. The maximum absolute atomic E-state index is 13.4. The van der Waals surface area contributed by atoms with Crippen LogP contribution in [0.4, 0.5) is 0 Å². The van der Waals surface area contributed by atoms with Crippen LogP contribution in [0.15, 0.2) is 53.3 Å². The Bertz CT molecular complexity index is 912. The fraction of sp³-hybridized carbons (Fsp3) is 0.250. The zero-order chi connectivity index (χ0) is 19.2. The monoisotopic (exact) mass is 385 g/mol. The molecule has 0 aliphatic heterocycles. The molecule has 7 heteroatoms. The Morgan fingerprint density at radius 3 is 2.67 bits per heavy atom. The highest BCUT2D eigenvalue weighted by Gasteiger charge is 2.27. The molecule has 0 aliphatic carbocycles. The number of methoxy groups -OCH3 is 1. The van der Waals surface area contributed by atoms with Crippen molar-refractivity contribution >= 4 is 17.5 Å². The van der Waals surface area contributed by atoms with Gasteiger partial charge in [0.05, 0.1) is 11.6 Å². The molecule has 0 atom stereocenters. The lowest BCUT2D eigenvalue weighted by molar-refractivity contribution is 0.0679. The van der Waals surface area contributed by atoms with Crippen molar-refractivity contribution in [1.29, 1.82) is 0 Å². The number of benzene rings is 1. The number of aromatic nitrogens is 2. The lowest BCUT2D eigenvalue weighted by Gasteiger charge is -2.22. The van der Waals surface area contributed by atoms with Gasteiger partial charge in [-0.25, -0.2) is 0 Å². The van der Waals surface area contributed by atoms with Gasteiger partial charge in [0.2, 0.25) is 0 Å². The molecule has 0 saturated carbocycles. The first-order valence-corrected chi connectivity index (χ1v) is 8.88. The molecule has 3 rings (SSSR count). The second kappa shape index (κ2) is 8.79. The van der Waals surface area contributed by atoms with Gasteiger partial charge in [-0.05, 0) is 30.7 Å². The molecular weight excluding hydrogens is 366 g/mol. The molecule has 3 aromatic rings. The van der Waals surface area contributed by atoms with Gasteiger partial charge in [-0.1, -0.05) is 35.0 Å². The lowest BCUT2D eigenvalue weighted by atomic mass is 10.0. The highest BCUT2D eigenvalue weighted by atomic mass is 35.5. The van der Waals surface area contributed by atoms with Crippen LogP contribution in [0.2, 0.25) is 5.02 Å². The van der Waals surface area contributed by atoms with Gasteiger partial charge in [-0.3, -0.25) is 9.78 Å². The van der Waals surface area contributed by atoms with E-state index in [0.29, 0.717) is 47.3 Å². The smallest absolute Gasteiger partial charge is 0.260 e. The van der Waals surface area contributed by atoms with Crippen LogP contribution in [0.5, 0.6) is 0 Å². The van der Waals surface area contributed by atoms with Gasteiger partial charge in [0.1, 0.15) is 17.0 Å². The molecule has 0 radical (unpaired) electrons. The Morgan fingerprint density at radius 1 is 1.22 bits per heavy atom. The van der Waals surface area contributed by atoms with Crippen molar-refractivity contribution in [1.82, 2.24) is 15.0 Å². The second-order valence-corrected chi connectivity index (χ2v) is 6.42. The van der Waals surface area contributed by atoms with Gasteiger partial charge in [-0.2, -0.15) is 0 Å². The SMILES string of the molecule is COCCN(Cc1ccncc1)C(=O)c1c(-c2ccccc2Cl)noc1C. The number of amides is 1. The zero-order valence-electron chi connectivity index (χ0n) is 15.2. The zero-order valence-corrected chi connectivity index (χ0v) is 15.9. The van der Waals surface area contributed by atoms with E-state index in [9.17, 15) is 4.79 Å². The van der Waals surface area contributed by atoms with Crippen LogP contribution >= 0.6 is 11.6 Å². The summed E-state index contributed by atoms with van der Waals surface area (Å²) in [6, 6.07) is 11.0. The number of nitrogens with zero attached hydrogens (tertiary/aromatic N) is 3. The van der Waals surface area contributed by atoms with Crippen LogP contribution < -0.4 is 0 Å². The number of carbonyl (C=O) groups excluding carboxylic acids is 1. The van der Waals surface area contributed by atoms with Crippen LogP contribution in [0.3, 0.4) is 0 Å². The quantitative estimate of drug-likeness (QED) is 0.615. The molecule has 1 amide bonds. The summed E-state index contributed by atoms with van der Waals surface area (Å²) >= 11 is 6.30. The molecule has 0 aliphatic rings. The summed E-state index contributed by atoms with van der Waals surface area (Å²) in [6.45, 7) is 3.01. The average Bonchev–Trinajstić information content (AvgIpc) is 3.07. The molecule has 0 fully saturated rings. The molecule has 0 N–H and O–H groups in total. The highest BCUT2D eigenvalue weighted by Crippen LogP contribution is 2.32. The van der Waals surface area contributed by atoms with E-state index in [2.05, 4.69) is 10.1 Å². The summed E-state index contributed by atoms with van der Waals surface area (Å²) in [7, 11) is 1.61. The molecule has 2 aromatic heterocycles. The van der Waals surface area contributed by atoms with Crippen LogP contribution in [0.1, 0.15) is 21.7 Å². The largest absolute Gasteiger partial charge is 0.383 e. The third-order valence-corrected chi connectivity index (χ3v) is 4.51. The van der Waals surface area contributed by atoms with E-state index in [1.54, 1.807) is 37.4 Å². The number of halogens is 1. The Labute approximate surface area is 162 Å². The minimum absolute atomic E-state index is 0.183. The summed E-state index contributed by atoms with van der Waals surface area (Å²) in [4.78, 5) is 19.1. The van der Waals surface area contributed by atoms with Gasteiger partial charge >= 0.3 is 0 Å². The van der Waals surface area contributed by atoms with Crippen LogP contribution in [0, 0.1) is 6.92 Å². The summed E-state index contributed by atoms with van der Waals surface area (Å²) in [5.74, 6) is 0.268. The first-order chi connectivity index (χ1) is 13.1. The second-order valence-electron chi connectivity index (χ2n) is 6.02. The maximum atomic E-state index is 13.4. The number of carbonyl (C=O) groups is 1. The molecule has 0 unspecified atom stereocenters. The topological polar surface area (TPSA) is 68.5 Å². The first-order valence-electron chi connectivity index (χ1n) is 8.50. The number of hydrogen-bond acceptors (Lipinski definition) is 5. The predicted molar refractivity (Wildman–Crippen MR) is 103 cm³/mol. The normalized spacial score (nSPS) is 10.8. The molecule has 1 aromatic carbocycles. The molecule has 0 spiro atoms. The van der Waals surface area contributed by atoms with Crippen LogP contribution in [-0.4, -0.2) is 41.2 Å². The van der Waals surface area contributed by atoms with E-state index in [1.165, 1.54) is 0 Å². The van der Waals surface area contributed by atoms with Crippen LogP contribution in [-0.2, 0) is 11.3 Å². The third-order valence-electron chi connectivity index (χ3n) is 4.18. The molecule has 2 heterocycles. The lowest BCUT2D eigenvalue weighted by Crippen LogP contribution is -2.34. The minimum atomic E-state index is -0.183. The molecule has 0 bridgehead atoms. The number of rotatable bonds is 7. The van der Waals surface area contributed by atoms with E-state index in [1.807, 2.05) is 30.3 Å². The van der Waals surface area contributed by atoms with Crippen molar-refractivity contribution in [3.63, 3.8) is 0 Å². The van der Waals surface area contributed by atoms with Crippen molar-refractivity contribution in [2.45, 2.75) is 13.5 Å². The van der Waals surface area contributed by atoms with Crippen molar-refractivity contribution in [2.24, 2.45) is 0 Å². The maximum Gasteiger partial charge on any atom is 0.260 e. The summed E-state index contributed by atoms with van der Waals surface area (Å²) in [5.41, 5.74) is 2.49. The van der Waals surface area contributed by atoms with E-state index < -0.39 is 0 Å². The van der Waals surface area contributed by atoms with E-state index >= 15 is 0 Å². The molecule has 27 heavy (non-hydrogen) atoms. The van der Waals surface area contributed by atoms with Gasteiger partial charge in [0, 0.05) is 38.2 Å². The van der Waals surface area contributed by atoms with Gasteiger partial charge in [0.15, 0.2) is 0 Å². The van der Waals surface area contributed by atoms with Gasteiger partial charge < -0.3 is 14.2 Å². The Hall–Kier alpha value is -2.70. The number of hydrogen-bond donors (Lipinski definition) is 0. The third kappa shape index (κ3) is 4.35. The minimum Gasteiger partial charge on any atom is -0.383 e. The number of pyridine rings is 1. The fourth-order valence-corrected chi connectivity index (χ4v) is 3.01. The first kappa shape index (κ1) is 19.1. The average molecular weight is 386 g/mol. The van der Waals surface area contributed by atoms with Crippen molar-refractivity contribution in [3.8, 4) is 11.3 Å². The Kier molecular flexibility index (Phi) is 6.21. The Balaban J connectivity index is 1.96. The Morgan fingerprint density at radius 2 is 1.96 bits per heavy atom.